The molecule has 134 valence electrons. The molecule has 2 N–H and O–H groups in total. The third-order valence-corrected chi connectivity index (χ3v) is 4.24. The first-order valence-corrected chi connectivity index (χ1v) is 8.08. The number of benzene rings is 1. The Morgan fingerprint density at radius 1 is 1.36 bits per heavy atom. The van der Waals surface area contributed by atoms with Crippen molar-refractivity contribution in [3.05, 3.63) is 45.2 Å². The Balaban J connectivity index is 2.28. The van der Waals surface area contributed by atoms with E-state index in [0.29, 0.717) is 32.7 Å². The van der Waals surface area contributed by atoms with Gasteiger partial charge in [-0.15, -0.1) is 0 Å². The van der Waals surface area contributed by atoms with Gasteiger partial charge in [0.05, 0.1) is 22.8 Å². The zero-order chi connectivity index (χ0) is 18.7. The van der Waals surface area contributed by atoms with Gasteiger partial charge in [-0.2, -0.15) is 5.10 Å². The molecular formula is C16H16Cl2FN3O3. The number of nitrogens with zero attached hydrogens (tertiary/aromatic N) is 2. The van der Waals surface area contributed by atoms with Gasteiger partial charge in [-0.05, 0) is 32.0 Å². The van der Waals surface area contributed by atoms with Gasteiger partial charge in [0.2, 0.25) is 5.91 Å². The van der Waals surface area contributed by atoms with E-state index in [4.69, 9.17) is 28.3 Å². The number of hydrogen-bond acceptors (Lipinski definition) is 3. The molecule has 1 aromatic heterocycles. The molecule has 1 aromatic carbocycles. The summed E-state index contributed by atoms with van der Waals surface area (Å²) in [7, 11) is 0. The van der Waals surface area contributed by atoms with E-state index in [2.05, 4.69) is 10.4 Å². The Morgan fingerprint density at radius 2 is 2.04 bits per heavy atom. The minimum Gasteiger partial charge on any atom is -0.480 e. The topological polar surface area (TPSA) is 84.2 Å². The number of aryl methyl sites for hydroxylation is 1. The lowest BCUT2D eigenvalue weighted by atomic mass is 10.1. The smallest absolute Gasteiger partial charge is 0.328 e. The molecule has 0 fully saturated rings. The highest BCUT2D eigenvalue weighted by molar-refractivity contribution is 6.35. The van der Waals surface area contributed by atoms with Crippen LogP contribution in [0.25, 0.3) is 5.69 Å². The van der Waals surface area contributed by atoms with Crippen molar-refractivity contribution >= 4 is 35.1 Å². The van der Waals surface area contributed by atoms with Crippen LogP contribution in [0.1, 0.15) is 17.0 Å². The van der Waals surface area contributed by atoms with E-state index in [1.165, 1.54) is 0 Å². The quantitative estimate of drug-likeness (QED) is 0.797. The highest BCUT2D eigenvalue weighted by Gasteiger charge is 2.22. The number of carboxylic acid groups (broad SMARTS) is 1. The number of hydrogen-bond donors (Lipinski definition) is 2. The molecule has 0 radical (unpaired) electrons. The Bertz CT molecular complexity index is 823. The molecule has 2 rings (SSSR count). The van der Waals surface area contributed by atoms with Crippen LogP contribution in [0.15, 0.2) is 18.2 Å². The lowest BCUT2D eigenvalue weighted by Gasteiger charge is -2.11. The minimum atomic E-state index is -1.56. The van der Waals surface area contributed by atoms with Crippen LogP contribution in [0.2, 0.25) is 10.0 Å². The first-order chi connectivity index (χ1) is 11.7. The zero-order valence-electron chi connectivity index (χ0n) is 13.5. The van der Waals surface area contributed by atoms with Gasteiger partial charge in [-0.25, -0.2) is 13.9 Å². The number of amides is 1. The van der Waals surface area contributed by atoms with Gasteiger partial charge in [-0.1, -0.05) is 23.2 Å². The van der Waals surface area contributed by atoms with Gasteiger partial charge in [0, 0.05) is 16.3 Å². The average Bonchev–Trinajstić information content (AvgIpc) is 2.80. The number of aliphatic carboxylic acids is 1. The predicted molar refractivity (Wildman–Crippen MR) is 92.3 cm³/mol. The van der Waals surface area contributed by atoms with Crippen molar-refractivity contribution in [3.8, 4) is 5.69 Å². The molecule has 0 aliphatic carbocycles. The van der Waals surface area contributed by atoms with E-state index >= 15 is 0 Å². The Kier molecular flexibility index (Phi) is 6.02. The minimum absolute atomic E-state index is 0.118. The summed E-state index contributed by atoms with van der Waals surface area (Å²) in [6, 6.07) is 3.40. The van der Waals surface area contributed by atoms with Crippen molar-refractivity contribution in [1.29, 1.82) is 0 Å². The number of carbonyl (C=O) groups excluding carboxylic acids is 1. The molecule has 2 aromatic rings. The fourth-order valence-electron chi connectivity index (χ4n) is 2.39. The summed E-state index contributed by atoms with van der Waals surface area (Å²) >= 11 is 12.1. The maximum absolute atomic E-state index is 12.6. The van der Waals surface area contributed by atoms with Crippen molar-refractivity contribution < 1.29 is 19.1 Å². The van der Waals surface area contributed by atoms with Gasteiger partial charge in [0.15, 0.2) is 6.04 Å². The van der Waals surface area contributed by atoms with Crippen molar-refractivity contribution in [2.45, 2.75) is 26.3 Å². The van der Waals surface area contributed by atoms with Crippen molar-refractivity contribution in [1.82, 2.24) is 15.1 Å². The Labute approximate surface area is 153 Å². The summed E-state index contributed by atoms with van der Waals surface area (Å²) < 4.78 is 14.2. The molecule has 1 heterocycles. The maximum atomic E-state index is 12.6. The van der Waals surface area contributed by atoms with Gasteiger partial charge >= 0.3 is 5.97 Å². The second-order valence-corrected chi connectivity index (χ2v) is 6.29. The first kappa shape index (κ1) is 19.2. The normalized spacial score (nSPS) is 12.0. The monoisotopic (exact) mass is 387 g/mol. The van der Waals surface area contributed by atoms with Crippen LogP contribution in [-0.4, -0.2) is 39.5 Å². The molecule has 1 amide bonds. The van der Waals surface area contributed by atoms with Gasteiger partial charge in [0.25, 0.3) is 0 Å². The third kappa shape index (κ3) is 4.29. The standard InChI is InChI=1S/C16H16Cl2FN3O3/c1-8-11(6-15(23)20-13(7-19)16(24)25)9(2)22(21-8)14-4-3-10(17)5-12(14)18/h3-5,13H,6-7H2,1-2H3,(H,20,23)(H,24,25). The summed E-state index contributed by atoms with van der Waals surface area (Å²) in [5, 5.41) is 16.2. The molecule has 9 heteroatoms. The van der Waals surface area contributed by atoms with E-state index in [0.717, 1.165) is 0 Å². The molecule has 0 aliphatic heterocycles. The van der Waals surface area contributed by atoms with Crippen LogP contribution in [0.5, 0.6) is 0 Å². The summed E-state index contributed by atoms with van der Waals surface area (Å²) in [6.45, 7) is 2.30. The second kappa shape index (κ2) is 7.84. The zero-order valence-corrected chi connectivity index (χ0v) is 15.0. The summed E-state index contributed by atoms with van der Waals surface area (Å²) in [4.78, 5) is 22.8. The molecule has 0 spiro atoms. The molecule has 0 saturated carbocycles. The molecule has 25 heavy (non-hydrogen) atoms. The highest BCUT2D eigenvalue weighted by Crippen LogP contribution is 2.27. The number of carboxylic acids is 1. The van der Waals surface area contributed by atoms with Gasteiger partial charge in [-0.3, -0.25) is 4.79 Å². The molecule has 0 saturated heterocycles. The van der Waals surface area contributed by atoms with Crippen LogP contribution >= 0.6 is 23.2 Å². The van der Waals surface area contributed by atoms with Crippen LogP contribution in [-0.2, 0) is 16.0 Å². The molecule has 0 aliphatic rings. The predicted octanol–water partition coefficient (Wildman–Crippen LogP) is 2.88. The Morgan fingerprint density at radius 3 is 2.60 bits per heavy atom. The van der Waals surface area contributed by atoms with Crippen LogP contribution in [0.4, 0.5) is 4.39 Å². The summed E-state index contributed by atoms with van der Waals surface area (Å²) in [5.74, 6) is -2.02. The van der Waals surface area contributed by atoms with Gasteiger partial charge < -0.3 is 10.4 Å². The number of aromatic nitrogens is 2. The fourth-order valence-corrected chi connectivity index (χ4v) is 2.88. The van der Waals surface area contributed by atoms with Crippen molar-refractivity contribution in [2.75, 3.05) is 6.67 Å². The van der Waals surface area contributed by atoms with E-state index in [-0.39, 0.29) is 6.42 Å². The lowest BCUT2D eigenvalue weighted by Crippen LogP contribution is -2.43. The van der Waals surface area contributed by atoms with Gasteiger partial charge in [0.1, 0.15) is 6.67 Å². The van der Waals surface area contributed by atoms with Crippen LogP contribution in [0, 0.1) is 13.8 Å². The van der Waals surface area contributed by atoms with Crippen LogP contribution < -0.4 is 5.32 Å². The molecular weight excluding hydrogens is 372 g/mol. The van der Waals surface area contributed by atoms with E-state index in [1.807, 2.05) is 0 Å². The number of carbonyl (C=O) groups is 2. The maximum Gasteiger partial charge on any atom is 0.328 e. The largest absolute Gasteiger partial charge is 0.480 e. The van der Waals surface area contributed by atoms with Crippen molar-refractivity contribution in [3.63, 3.8) is 0 Å². The highest BCUT2D eigenvalue weighted by atomic mass is 35.5. The number of alkyl halides is 1. The molecule has 1 unspecified atom stereocenters. The first-order valence-electron chi connectivity index (χ1n) is 7.33. The van der Waals surface area contributed by atoms with E-state index in [9.17, 15) is 14.0 Å². The molecule has 6 nitrogen and oxygen atoms in total. The number of nitrogens with one attached hydrogen (secondary N) is 1. The number of halogens is 3. The van der Waals surface area contributed by atoms with Crippen molar-refractivity contribution in [2.24, 2.45) is 0 Å². The lowest BCUT2D eigenvalue weighted by molar-refractivity contribution is -0.142. The SMILES string of the molecule is Cc1nn(-c2ccc(Cl)cc2Cl)c(C)c1CC(=O)NC(CF)C(=O)O. The molecule has 0 bridgehead atoms. The van der Waals surface area contributed by atoms with Crippen LogP contribution in [0.3, 0.4) is 0 Å². The summed E-state index contributed by atoms with van der Waals surface area (Å²) in [6.07, 6.45) is -0.118. The second-order valence-electron chi connectivity index (χ2n) is 5.45. The average molecular weight is 388 g/mol. The van der Waals surface area contributed by atoms with E-state index in [1.54, 1.807) is 36.7 Å². The molecule has 1 atom stereocenters. The third-order valence-electron chi connectivity index (χ3n) is 3.70. The number of rotatable bonds is 6. The Hall–Kier alpha value is -2.12. The summed E-state index contributed by atoms with van der Waals surface area (Å²) in [5.41, 5.74) is 2.48. The van der Waals surface area contributed by atoms with E-state index < -0.39 is 24.6 Å². The fraction of sp³-hybridized carbons (Fsp3) is 0.312.